The summed E-state index contributed by atoms with van der Waals surface area (Å²) in [6, 6.07) is 7.99. The third-order valence-corrected chi connectivity index (χ3v) is 2.80. The first-order chi connectivity index (χ1) is 8.91. The first-order valence-electron chi connectivity index (χ1n) is 6.17. The molecule has 1 aromatic rings. The van der Waals surface area contributed by atoms with Crippen molar-refractivity contribution in [2.24, 2.45) is 5.92 Å². The average Bonchev–Trinajstić information content (AvgIpc) is 2.37. The van der Waals surface area contributed by atoms with E-state index in [1.807, 2.05) is 6.07 Å². The second-order valence-electron chi connectivity index (χ2n) is 4.78. The summed E-state index contributed by atoms with van der Waals surface area (Å²) in [6.45, 7) is 3.38. The number of carbonyl (C=O) groups excluding carboxylic acids is 1. The van der Waals surface area contributed by atoms with Crippen molar-refractivity contribution >= 4 is 11.9 Å². The van der Waals surface area contributed by atoms with Gasteiger partial charge < -0.3 is 15.5 Å². The zero-order chi connectivity index (χ0) is 14.4. The van der Waals surface area contributed by atoms with Crippen LogP contribution in [0.25, 0.3) is 0 Å². The fourth-order valence-corrected chi connectivity index (χ4v) is 1.61. The van der Waals surface area contributed by atoms with Crippen LogP contribution in [-0.4, -0.2) is 34.2 Å². The third-order valence-electron chi connectivity index (χ3n) is 2.80. The van der Waals surface area contributed by atoms with Crippen LogP contribution in [-0.2, 0) is 16.0 Å². The molecule has 0 bridgehead atoms. The van der Waals surface area contributed by atoms with Gasteiger partial charge in [-0.25, -0.2) is 4.79 Å². The first kappa shape index (κ1) is 15.2. The Labute approximate surface area is 112 Å². The summed E-state index contributed by atoms with van der Waals surface area (Å²) < 4.78 is 0. The van der Waals surface area contributed by atoms with E-state index in [0.717, 1.165) is 5.56 Å². The van der Waals surface area contributed by atoms with Gasteiger partial charge in [-0.1, -0.05) is 44.2 Å². The van der Waals surface area contributed by atoms with E-state index < -0.39 is 24.0 Å². The smallest absolute Gasteiger partial charge is 0.326 e. The van der Waals surface area contributed by atoms with Crippen molar-refractivity contribution in [2.45, 2.75) is 32.4 Å². The molecule has 0 saturated carbocycles. The number of hydrogen-bond donors (Lipinski definition) is 3. The normalized spacial score (nSPS) is 13.9. The van der Waals surface area contributed by atoms with Crippen LogP contribution < -0.4 is 5.32 Å². The molecule has 0 radical (unpaired) electrons. The minimum Gasteiger partial charge on any atom is -0.480 e. The van der Waals surface area contributed by atoms with Crippen LogP contribution in [0.1, 0.15) is 19.4 Å². The maximum Gasteiger partial charge on any atom is 0.326 e. The van der Waals surface area contributed by atoms with E-state index in [2.05, 4.69) is 5.32 Å². The van der Waals surface area contributed by atoms with Crippen molar-refractivity contribution in [2.75, 3.05) is 0 Å². The zero-order valence-corrected chi connectivity index (χ0v) is 11.0. The highest BCUT2D eigenvalue weighted by Gasteiger charge is 2.25. The van der Waals surface area contributed by atoms with Gasteiger partial charge in [0.05, 0.1) is 0 Å². The van der Waals surface area contributed by atoms with Gasteiger partial charge >= 0.3 is 5.97 Å². The van der Waals surface area contributed by atoms with E-state index in [1.54, 1.807) is 38.1 Å². The lowest BCUT2D eigenvalue weighted by atomic mass is 10.0. The Balaban J connectivity index is 2.69. The second-order valence-corrected chi connectivity index (χ2v) is 4.78. The largest absolute Gasteiger partial charge is 0.480 e. The lowest BCUT2D eigenvalue weighted by Crippen LogP contribution is -2.47. The lowest BCUT2D eigenvalue weighted by Gasteiger charge is -2.19. The number of benzene rings is 1. The maximum atomic E-state index is 11.7. The number of aliphatic carboxylic acids is 1. The summed E-state index contributed by atoms with van der Waals surface area (Å²) in [5.74, 6) is -2.03. The molecule has 19 heavy (non-hydrogen) atoms. The van der Waals surface area contributed by atoms with E-state index in [-0.39, 0.29) is 12.3 Å². The van der Waals surface area contributed by atoms with Gasteiger partial charge in [-0.3, -0.25) is 4.79 Å². The van der Waals surface area contributed by atoms with Crippen molar-refractivity contribution in [3.63, 3.8) is 0 Å². The second kappa shape index (κ2) is 6.89. The SMILES string of the molecule is CC(C)[C@@H](O)C(=O)N[C@@H](Cc1ccccc1)C(=O)O. The molecule has 2 atom stereocenters. The molecule has 1 aromatic carbocycles. The molecule has 0 aliphatic carbocycles. The fourth-order valence-electron chi connectivity index (χ4n) is 1.61. The van der Waals surface area contributed by atoms with Crippen molar-refractivity contribution in [1.82, 2.24) is 5.32 Å². The van der Waals surface area contributed by atoms with Crippen LogP contribution in [0.4, 0.5) is 0 Å². The van der Waals surface area contributed by atoms with Crippen molar-refractivity contribution < 1.29 is 19.8 Å². The van der Waals surface area contributed by atoms with Gasteiger partial charge in [-0.05, 0) is 11.5 Å². The highest BCUT2D eigenvalue weighted by Crippen LogP contribution is 2.06. The number of aliphatic hydroxyl groups excluding tert-OH is 1. The maximum absolute atomic E-state index is 11.7. The van der Waals surface area contributed by atoms with Crippen LogP contribution in [0.3, 0.4) is 0 Å². The van der Waals surface area contributed by atoms with Gasteiger partial charge in [0.15, 0.2) is 0 Å². The van der Waals surface area contributed by atoms with Gasteiger partial charge in [0.2, 0.25) is 5.91 Å². The molecule has 0 heterocycles. The Kier molecular flexibility index (Phi) is 5.51. The minimum absolute atomic E-state index is 0.187. The topological polar surface area (TPSA) is 86.6 Å². The molecule has 0 aliphatic heterocycles. The monoisotopic (exact) mass is 265 g/mol. The van der Waals surface area contributed by atoms with Gasteiger partial charge in [-0.15, -0.1) is 0 Å². The van der Waals surface area contributed by atoms with E-state index >= 15 is 0 Å². The van der Waals surface area contributed by atoms with E-state index in [1.165, 1.54) is 0 Å². The highest BCUT2D eigenvalue weighted by molar-refractivity contribution is 5.86. The van der Waals surface area contributed by atoms with Crippen molar-refractivity contribution in [3.05, 3.63) is 35.9 Å². The molecule has 1 rings (SSSR count). The molecular weight excluding hydrogens is 246 g/mol. The Hall–Kier alpha value is -1.88. The predicted molar refractivity (Wildman–Crippen MR) is 70.6 cm³/mol. The fraction of sp³-hybridized carbons (Fsp3) is 0.429. The summed E-state index contributed by atoms with van der Waals surface area (Å²) in [5, 5.41) is 21.1. The summed E-state index contributed by atoms with van der Waals surface area (Å²) in [5.41, 5.74) is 0.814. The van der Waals surface area contributed by atoms with Gasteiger partial charge in [0.1, 0.15) is 12.1 Å². The molecule has 0 aromatic heterocycles. The summed E-state index contributed by atoms with van der Waals surface area (Å²) in [7, 11) is 0. The lowest BCUT2D eigenvalue weighted by molar-refractivity contribution is -0.144. The number of aliphatic hydroxyl groups is 1. The number of hydrogen-bond acceptors (Lipinski definition) is 3. The van der Waals surface area contributed by atoms with E-state index in [0.29, 0.717) is 0 Å². The Morgan fingerprint density at radius 3 is 2.26 bits per heavy atom. The molecule has 1 amide bonds. The minimum atomic E-state index is -1.20. The number of amides is 1. The molecule has 5 heteroatoms. The van der Waals surface area contributed by atoms with Crippen molar-refractivity contribution in [3.8, 4) is 0 Å². The zero-order valence-electron chi connectivity index (χ0n) is 11.0. The molecule has 0 saturated heterocycles. The Bertz CT molecular complexity index is 430. The highest BCUT2D eigenvalue weighted by atomic mass is 16.4. The van der Waals surface area contributed by atoms with E-state index in [4.69, 9.17) is 5.11 Å². The Morgan fingerprint density at radius 1 is 1.21 bits per heavy atom. The molecule has 3 N–H and O–H groups in total. The number of nitrogens with one attached hydrogen (secondary N) is 1. The number of carbonyl (C=O) groups is 2. The number of rotatable bonds is 6. The van der Waals surface area contributed by atoms with Crippen LogP contribution in [0.15, 0.2) is 30.3 Å². The van der Waals surface area contributed by atoms with Gasteiger partial charge in [0, 0.05) is 6.42 Å². The number of carboxylic acid groups (broad SMARTS) is 1. The van der Waals surface area contributed by atoms with Crippen molar-refractivity contribution in [1.29, 1.82) is 0 Å². The molecule has 0 fully saturated rings. The molecule has 0 spiro atoms. The molecule has 0 aliphatic rings. The quantitative estimate of drug-likeness (QED) is 0.710. The van der Waals surface area contributed by atoms with Gasteiger partial charge in [0.25, 0.3) is 0 Å². The van der Waals surface area contributed by atoms with Crippen LogP contribution in [0.2, 0.25) is 0 Å². The molecule has 0 unspecified atom stereocenters. The summed E-state index contributed by atoms with van der Waals surface area (Å²) >= 11 is 0. The first-order valence-corrected chi connectivity index (χ1v) is 6.17. The predicted octanol–water partition coefficient (Wildman–Crippen LogP) is 0.815. The molecule has 104 valence electrons. The van der Waals surface area contributed by atoms with Gasteiger partial charge in [-0.2, -0.15) is 0 Å². The molecule has 5 nitrogen and oxygen atoms in total. The van der Waals surface area contributed by atoms with E-state index in [9.17, 15) is 14.7 Å². The third kappa shape index (κ3) is 4.71. The van der Waals surface area contributed by atoms with Crippen LogP contribution in [0, 0.1) is 5.92 Å². The Morgan fingerprint density at radius 2 is 1.79 bits per heavy atom. The number of carboxylic acids is 1. The van der Waals surface area contributed by atoms with Crippen LogP contribution in [0.5, 0.6) is 0 Å². The molecular formula is C14H19NO4. The summed E-state index contributed by atoms with van der Waals surface area (Å²) in [4.78, 5) is 22.8. The standard InChI is InChI=1S/C14H19NO4/c1-9(2)12(16)13(17)15-11(14(18)19)8-10-6-4-3-5-7-10/h3-7,9,11-12,16H,8H2,1-2H3,(H,15,17)(H,18,19)/t11-,12+/m0/s1. The summed E-state index contributed by atoms with van der Waals surface area (Å²) in [6.07, 6.45) is -1.01. The van der Waals surface area contributed by atoms with Crippen LogP contribution >= 0.6 is 0 Å². The average molecular weight is 265 g/mol.